The Balaban J connectivity index is 2.50. The quantitative estimate of drug-likeness (QED) is 0.640. The molecule has 4 heteroatoms. The number of pyridine rings is 1. The molecular weight excluding hydrogens is 178 g/mol. The number of aromatic nitrogens is 1. The Morgan fingerprint density at radius 3 is 2.93 bits per heavy atom. The van der Waals surface area contributed by atoms with Gasteiger partial charge >= 0.3 is 0 Å². The van der Waals surface area contributed by atoms with Crippen molar-refractivity contribution in [2.24, 2.45) is 0 Å². The minimum Gasteiger partial charge on any atom is -0.395 e. The SMILES string of the molecule is CCCNc1cc(NCCO)ccn1. The van der Waals surface area contributed by atoms with Crippen LogP contribution in [0, 0.1) is 0 Å². The minimum atomic E-state index is 0.139. The van der Waals surface area contributed by atoms with Gasteiger partial charge in [-0.25, -0.2) is 4.98 Å². The van der Waals surface area contributed by atoms with Gasteiger partial charge in [0.15, 0.2) is 0 Å². The van der Waals surface area contributed by atoms with Crippen molar-refractivity contribution in [1.29, 1.82) is 0 Å². The minimum absolute atomic E-state index is 0.139. The maximum atomic E-state index is 8.64. The molecule has 0 bridgehead atoms. The Labute approximate surface area is 84.4 Å². The van der Waals surface area contributed by atoms with Gasteiger partial charge in [0.1, 0.15) is 5.82 Å². The summed E-state index contributed by atoms with van der Waals surface area (Å²) in [6.07, 6.45) is 2.83. The largest absolute Gasteiger partial charge is 0.395 e. The summed E-state index contributed by atoms with van der Waals surface area (Å²) in [7, 11) is 0. The second kappa shape index (κ2) is 6.21. The number of rotatable bonds is 6. The highest BCUT2D eigenvalue weighted by molar-refractivity contribution is 5.51. The molecule has 0 saturated heterocycles. The van der Waals surface area contributed by atoms with Gasteiger partial charge in [-0.2, -0.15) is 0 Å². The van der Waals surface area contributed by atoms with Crippen molar-refractivity contribution < 1.29 is 5.11 Å². The molecule has 0 radical (unpaired) electrons. The predicted octanol–water partition coefficient (Wildman–Crippen LogP) is 1.31. The first-order valence-corrected chi connectivity index (χ1v) is 4.91. The third kappa shape index (κ3) is 3.62. The fraction of sp³-hybridized carbons (Fsp3) is 0.500. The zero-order chi connectivity index (χ0) is 10.2. The number of anilines is 2. The summed E-state index contributed by atoms with van der Waals surface area (Å²) in [5.41, 5.74) is 0.979. The van der Waals surface area contributed by atoms with Crippen LogP contribution in [-0.4, -0.2) is 29.8 Å². The maximum Gasteiger partial charge on any atom is 0.127 e. The van der Waals surface area contributed by atoms with Gasteiger partial charge in [0.25, 0.3) is 0 Å². The van der Waals surface area contributed by atoms with E-state index >= 15 is 0 Å². The predicted molar refractivity (Wildman–Crippen MR) is 58.6 cm³/mol. The first-order chi connectivity index (χ1) is 6.86. The third-order valence-corrected chi connectivity index (χ3v) is 1.76. The van der Waals surface area contributed by atoms with Crippen LogP contribution in [0.3, 0.4) is 0 Å². The number of hydrogen-bond acceptors (Lipinski definition) is 4. The van der Waals surface area contributed by atoms with Crippen LogP contribution in [-0.2, 0) is 0 Å². The molecule has 0 aromatic carbocycles. The lowest BCUT2D eigenvalue weighted by molar-refractivity contribution is 0.311. The molecular formula is C10H17N3O. The van der Waals surface area contributed by atoms with Gasteiger partial charge in [-0.05, 0) is 12.5 Å². The molecule has 0 saturated carbocycles. The van der Waals surface area contributed by atoms with E-state index in [0.29, 0.717) is 6.54 Å². The van der Waals surface area contributed by atoms with E-state index < -0.39 is 0 Å². The fourth-order valence-corrected chi connectivity index (χ4v) is 1.09. The highest BCUT2D eigenvalue weighted by atomic mass is 16.3. The topological polar surface area (TPSA) is 57.2 Å². The molecule has 0 unspecified atom stereocenters. The highest BCUT2D eigenvalue weighted by Crippen LogP contribution is 2.11. The third-order valence-electron chi connectivity index (χ3n) is 1.76. The van der Waals surface area contributed by atoms with Crippen LogP contribution in [0.25, 0.3) is 0 Å². The zero-order valence-corrected chi connectivity index (χ0v) is 8.45. The van der Waals surface area contributed by atoms with E-state index in [-0.39, 0.29) is 6.61 Å². The molecule has 1 aromatic heterocycles. The molecule has 0 atom stereocenters. The fourth-order valence-electron chi connectivity index (χ4n) is 1.09. The van der Waals surface area contributed by atoms with Crippen LogP contribution >= 0.6 is 0 Å². The molecule has 0 amide bonds. The van der Waals surface area contributed by atoms with Gasteiger partial charge < -0.3 is 15.7 Å². The van der Waals surface area contributed by atoms with E-state index in [9.17, 15) is 0 Å². The van der Waals surface area contributed by atoms with Crippen molar-refractivity contribution in [3.8, 4) is 0 Å². The van der Waals surface area contributed by atoms with Crippen LogP contribution < -0.4 is 10.6 Å². The van der Waals surface area contributed by atoms with E-state index in [4.69, 9.17) is 5.11 Å². The standard InChI is InChI=1S/C10H17N3O/c1-2-4-12-10-8-9(3-5-13-10)11-6-7-14/h3,5,8,14H,2,4,6-7H2,1H3,(H2,11,12,13). The van der Waals surface area contributed by atoms with Gasteiger partial charge in [0.2, 0.25) is 0 Å². The Hall–Kier alpha value is -1.29. The molecule has 1 heterocycles. The summed E-state index contributed by atoms with van der Waals surface area (Å²) in [6.45, 7) is 3.74. The zero-order valence-electron chi connectivity index (χ0n) is 8.45. The summed E-state index contributed by atoms with van der Waals surface area (Å²) < 4.78 is 0. The van der Waals surface area contributed by atoms with E-state index in [1.54, 1.807) is 6.20 Å². The normalized spacial score (nSPS) is 9.86. The molecule has 0 fully saturated rings. The Morgan fingerprint density at radius 2 is 2.21 bits per heavy atom. The summed E-state index contributed by atoms with van der Waals surface area (Å²) in [6, 6.07) is 3.82. The number of nitrogens with zero attached hydrogens (tertiary/aromatic N) is 1. The molecule has 4 nitrogen and oxygen atoms in total. The summed E-state index contributed by atoms with van der Waals surface area (Å²) in [4.78, 5) is 4.17. The molecule has 0 spiro atoms. The second-order valence-corrected chi connectivity index (χ2v) is 3.01. The van der Waals surface area contributed by atoms with Crippen LogP contribution in [0.1, 0.15) is 13.3 Å². The average Bonchev–Trinajstić information content (AvgIpc) is 2.24. The van der Waals surface area contributed by atoms with Crippen molar-refractivity contribution in [2.45, 2.75) is 13.3 Å². The van der Waals surface area contributed by atoms with Crippen LogP contribution in [0.4, 0.5) is 11.5 Å². The van der Waals surface area contributed by atoms with Crippen molar-refractivity contribution in [3.05, 3.63) is 18.3 Å². The van der Waals surface area contributed by atoms with Crippen LogP contribution in [0.5, 0.6) is 0 Å². The lowest BCUT2D eigenvalue weighted by Crippen LogP contribution is -2.07. The number of nitrogens with one attached hydrogen (secondary N) is 2. The lowest BCUT2D eigenvalue weighted by atomic mass is 10.3. The first kappa shape index (κ1) is 10.8. The molecule has 1 rings (SSSR count). The summed E-state index contributed by atoms with van der Waals surface area (Å²) in [5, 5.41) is 14.9. The molecule has 0 aliphatic heterocycles. The average molecular weight is 195 g/mol. The van der Waals surface area contributed by atoms with Crippen molar-refractivity contribution in [2.75, 3.05) is 30.3 Å². The molecule has 1 aromatic rings. The molecule has 14 heavy (non-hydrogen) atoms. The molecule has 0 aliphatic carbocycles. The van der Waals surface area contributed by atoms with Gasteiger partial charge in [0.05, 0.1) is 6.61 Å². The second-order valence-electron chi connectivity index (χ2n) is 3.01. The van der Waals surface area contributed by atoms with Gasteiger partial charge in [-0.15, -0.1) is 0 Å². The van der Waals surface area contributed by atoms with Gasteiger partial charge in [-0.1, -0.05) is 6.92 Å². The number of hydrogen-bond donors (Lipinski definition) is 3. The molecule has 3 N–H and O–H groups in total. The smallest absolute Gasteiger partial charge is 0.127 e. The summed E-state index contributed by atoms with van der Waals surface area (Å²) >= 11 is 0. The maximum absolute atomic E-state index is 8.64. The Bertz CT molecular complexity index is 242. The van der Waals surface area contributed by atoms with E-state index in [2.05, 4.69) is 22.5 Å². The molecule has 0 aliphatic rings. The van der Waals surface area contributed by atoms with E-state index in [0.717, 1.165) is 24.5 Å². The van der Waals surface area contributed by atoms with Crippen molar-refractivity contribution >= 4 is 11.5 Å². The monoisotopic (exact) mass is 195 g/mol. The van der Waals surface area contributed by atoms with Gasteiger partial charge in [-0.3, -0.25) is 0 Å². The number of aliphatic hydroxyl groups excluding tert-OH is 1. The molecule has 78 valence electrons. The van der Waals surface area contributed by atoms with Gasteiger partial charge in [0, 0.05) is 31.0 Å². The summed E-state index contributed by atoms with van der Waals surface area (Å²) in [5.74, 6) is 0.870. The van der Waals surface area contributed by atoms with Crippen LogP contribution in [0.2, 0.25) is 0 Å². The van der Waals surface area contributed by atoms with Crippen molar-refractivity contribution in [1.82, 2.24) is 4.98 Å². The van der Waals surface area contributed by atoms with Crippen LogP contribution in [0.15, 0.2) is 18.3 Å². The Kier molecular flexibility index (Phi) is 4.78. The Morgan fingerprint density at radius 1 is 1.36 bits per heavy atom. The van der Waals surface area contributed by atoms with E-state index in [1.165, 1.54) is 0 Å². The first-order valence-electron chi connectivity index (χ1n) is 4.91. The van der Waals surface area contributed by atoms with Crippen molar-refractivity contribution in [3.63, 3.8) is 0 Å². The van der Waals surface area contributed by atoms with E-state index in [1.807, 2.05) is 12.1 Å². The highest BCUT2D eigenvalue weighted by Gasteiger charge is 1.94. The number of aliphatic hydroxyl groups is 1. The lowest BCUT2D eigenvalue weighted by Gasteiger charge is -2.07.